The van der Waals surface area contributed by atoms with Crippen LogP contribution in [0.25, 0.3) is 21.9 Å². The zero-order valence-corrected chi connectivity index (χ0v) is 19.1. The third-order valence-corrected chi connectivity index (χ3v) is 8.37. The fourth-order valence-electron chi connectivity index (χ4n) is 5.24. The predicted molar refractivity (Wildman–Crippen MR) is 126 cm³/mol. The van der Waals surface area contributed by atoms with Gasteiger partial charge in [-0.25, -0.2) is 4.98 Å². The summed E-state index contributed by atoms with van der Waals surface area (Å²) in [4.78, 5) is 32.7. The number of hydrogen-bond acceptors (Lipinski definition) is 5. The molecule has 2 fully saturated rings. The zero-order valence-electron chi connectivity index (χ0n) is 17.5. The van der Waals surface area contributed by atoms with Crippen molar-refractivity contribution in [2.24, 2.45) is 5.41 Å². The molecule has 1 aromatic carbocycles. The van der Waals surface area contributed by atoms with Crippen LogP contribution in [0.1, 0.15) is 32.1 Å². The minimum atomic E-state index is -0.996. The lowest BCUT2D eigenvalue weighted by atomic mass is 9.54. The number of thioether (sulfide) groups is 1. The van der Waals surface area contributed by atoms with Gasteiger partial charge in [0.2, 0.25) is 0 Å². The average Bonchev–Trinajstić information content (AvgIpc) is 2.68. The molecule has 6 nitrogen and oxygen atoms in total. The normalized spacial score (nSPS) is 17.6. The summed E-state index contributed by atoms with van der Waals surface area (Å²) in [5.41, 5.74) is 1.31. The highest BCUT2D eigenvalue weighted by Gasteiger charge is 2.49. The molecule has 2 aliphatic carbocycles. The topological polar surface area (TPSA) is 75.4 Å². The monoisotopic (exact) mass is 457 g/mol. The average molecular weight is 458 g/mol. The first-order valence-corrected chi connectivity index (χ1v) is 12.1. The number of carbonyl (C=O) groups is 1. The number of nitrogens with zero attached hydrogens (tertiary/aromatic N) is 3. The molecule has 2 aromatic heterocycles. The summed E-state index contributed by atoms with van der Waals surface area (Å²) >= 11 is 7.80. The lowest BCUT2D eigenvalue weighted by Gasteiger charge is -2.56. The van der Waals surface area contributed by atoms with Crippen LogP contribution in [-0.2, 0) is 11.3 Å². The number of pyridine rings is 2. The molecule has 2 heterocycles. The van der Waals surface area contributed by atoms with Crippen molar-refractivity contribution in [3.63, 3.8) is 0 Å². The van der Waals surface area contributed by atoms with Crippen molar-refractivity contribution in [1.82, 2.24) is 9.55 Å². The molecule has 0 atom stereocenters. The van der Waals surface area contributed by atoms with Crippen molar-refractivity contribution >= 4 is 57.1 Å². The Morgan fingerprint density at radius 2 is 2.00 bits per heavy atom. The number of anilines is 1. The van der Waals surface area contributed by atoms with Crippen molar-refractivity contribution < 1.29 is 9.90 Å². The molecule has 31 heavy (non-hydrogen) atoms. The molecule has 0 aliphatic heterocycles. The van der Waals surface area contributed by atoms with E-state index in [9.17, 15) is 14.7 Å². The van der Waals surface area contributed by atoms with Crippen molar-refractivity contribution in [3.05, 3.63) is 39.5 Å². The van der Waals surface area contributed by atoms with E-state index in [1.807, 2.05) is 19.4 Å². The first-order chi connectivity index (χ1) is 14.8. The molecular formula is C23H24ClN3O3S. The number of benzene rings is 1. The van der Waals surface area contributed by atoms with Gasteiger partial charge in [0, 0.05) is 18.5 Å². The Hall–Kier alpha value is -2.25. The van der Waals surface area contributed by atoms with E-state index in [2.05, 4.69) is 4.90 Å². The van der Waals surface area contributed by atoms with Crippen LogP contribution in [0.5, 0.6) is 0 Å². The molecule has 1 N–H and O–H groups in total. The fraction of sp³-hybridized carbons (Fsp3) is 0.435. The molecule has 1 spiro atoms. The molecule has 8 heteroatoms. The van der Waals surface area contributed by atoms with Gasteiger partial charge in [-0.05, 0) is 61.6 Å². The molecular weight excluding hydrogens is 434 g/mol. The summed E-state index contributed by atoms with van der Waals surface area (Å²) in [6.07, 6.45) is 8.20. The molecule has 0 bridgehead atoms. The van der Waals surface area contributed by atoms with Gasteiger partial charge in [-0.15, -0.1) is 11.8 Å². The quantitative estimate of drug-likeness (QED) is 0.439. The van der Waals surface area contributed by atoms with Crippen molar-refractivity contribution in [2.45, 2.75) is 49.6 Å². The van der Waals surface area contributed by atoms with Crippen LogP contribution in [0.3, 0.4) is 0 Å². The Morgan fingerprint density at radius 1 is 1.29 bits per heavy atom. The number of carboxylic acids is 1. The molecule has 0 saturated heterocycles. The summed E-state index contributed by atoms with van der Waals surface area (Å²) in [5, 5.41) is 11.0. The van der Waals surface area contributed by atoms with E-state index in [-0.39, 0.29) is 12.0 Å². The second kappa shape index (κ2) is 7.41. The molecule has 0 radical (unpaired) electrons. The largest absolute Gasteiger partial charge is 0.480 e. The summed E-state index contributed by atoms with van der Waals surface area (Å²) in [6, 6.07) is 7.44. The van der Waals surface area contributed by atoms with Gasteiger partial charge in [-0.2, -0.15) is 0 Å². The Labute approximate surface area is 189 Å². The maximum absolute atomic E-state index is 13.3. The molecule has 3 aromatic rings. The second-order valence-corrected chi connectivity index (χ2v) is 10.1. The molecule has 5 rings (SSSR count). The second-order valence-electron chi connectivity index (χ2n) is 8.85. The molecule has 0 amide bonds. The number of rotatable bonds is 5. The molecule has 2 saturated carbocycles. The van der Waals surface area contributed by atoms with Gasteiger partial charge in [0.05, 0.1) is 20.8 Å². The third kappa shape index (κ3) is 3.21. The number of aromatic nitrogens is 2. The number of fused-ring (bicyclic) bond motifs is 2. The van der Waals surface area contributed by atoms with E-state index in [1.165, 1.54) is 43.9 Å². The Morgan fingerprint density at radius 3 is 2.61 bits per heavy atom. The van der Waals surface area contributed by atoms with E-state index in [1.54, 1.807) is 22.8 Å². The Kier molecular flexibility index (Phi) is 4.94. The van der Waals surface area contributed by atoms with Gasteiger partial charge in [0.15, 0.2) is 5.43 Å². The highest BCUT2D eigenvalue weighted by Crippen LogP contribution is 2.57. The van der Waals surface area contributed by atoms with Crippen molar-refractivity contribution in [1.29, 1.82) is 0 Å². The fourth-order valence-corrected chi connectivity index (χ4v) is 6.30. The van der Waals surface area contributed by atoms with Crippen LogP contribution >= 0.6 is 23.4 Å². The van der Waals surface area contributed by atoms with Crippen LogP contribution in [0.2, 0.25) is 5.02 Å². The van der Waals surface area contributed by atoms with Gasteiger partial charge >= 0.3 is 5.97 Å². The Balaban J connectivity index is 1.69. The summed E-state index contributed by atoms with van der Waals surface area (Å²) in [5.74, 6) is -0.234. The van der Waals surface area contributed by atoms with Crippen molar-refractivity contribution in [3.8, 4) is 0 Å². The summed E-state index contributed by atoms with van der Waals surface area (Å²) < 4.78 is 1.62. The van der Waals surface area contributed by atoms with Crippen LogP contribution < -0.4 is 10.3 Å². The van der Waals surface area contributed by atoms with E-state index in [0.717, 1.165) is 5.82 Å². The van der Waals surface area contributed by atoms with Crippen LogP contribution in [-0.4, -0.2) is 40.0 Å². The Bertz CT molecular complexity index is 1280. The van der Waals surface area contributed by atoms with Crippen LogP contribution in [0.15, 0.2) is 34.0 Å². The highest BCUT2D eigenvalue weighted by atomic mass is 35.5. The predicted octanol–water partition coefficient (Wildman–Crippen LogP) is 4.78. The first kappa shape index (κ1) is 20.6. The standard InChI is InChI=1S/C23H24ClN3O3S/c1-26(13-10-23(11-13)8-3-9-23)17-7-5-15-20(30)14-4-6-16(24)21(31-2)19(14)27(12-18(28)29)22(15)25-17/h4-7,13H,3,8-12H2,1-2H3,(H,28,29). The van der Waals surface area contributed by atoms with Crippen molar-refractivity contribution in [2.75, 3.05) is 18.2 Å². The number of carboxylic acid groups (broad SMARTS) is 1. The first-order valence-electron chi connectivity index (χ1n) is 10.5. The van der Waals surface area contributed by atoms with Crippen LogP contribution in [0.4, 0.5) is 5.82 Å². The van der Waals surface area contributed by atoms with Crippen LogP contribution in [0, 0.1) is 5.41 Å². The lowest BCUT2D eigenvalue weighted by molar-refractivity contribution is -0.137. The van der Waals surface area contributed by atoms with E-state index < -0.39 is 5.97 Å². The van der Waals surface area contributed by atoms with E-state index in [0.29, 0.717) is 43.3 Å². The number of halogens is 1. The third-order valence-electron chi connectivity index (χ3n) is 7.12. The van der Waals surface area contributed by atoms with E-state index in [4.69, 9.17) is 16.6 Å². The van der Waals surface area contributed by atoms with Gasteiger partial charge in [0.1, 0.15) is 18.0 Å². The minimum Gasteiger partial charge on any atom is -0.480 e. The maximum atomic E-state index is 13.3. The zero-order chi connectivity index (χ0) is 21.9. The van der Waals surface area contributed by atoms with Gasteiger partial charge < -0.3 is 14.6 Å². The summed E-state index contributed by atoms with van der Waals surface area (Å²) in [7, 11) is 2.04. The number of aliphatic carboxylic acids is 1. The minimum absolute atomic E-state index is 0.155. The van der Waals surface area contributed by atoms with Gasteiger partial charge in [-0.1, -0.05) is 18.0 Å². The van der Waals surface area contributed by atoms with E-state index >= 15 is 0 Å². The highest BCUT2D eigenvalue weighted by molar-refractivity contribution is 7.99. The molecule has 0 unspecified atom stereocenters. The van der Waals surface area contributed by atoms with Gasteiger partial charge in [0.25, 0.3) is 0 Å². The SMILES string of the molecule is CSc1c(Cl)ccc2c(=O)c3ccc(N(C)C4CC5(CCC5)C4)nc3n(CC(=O)O)c12. The summed E-state index contributed by atoms with van der Waals surface area (Å²) in [6.45, 7) is -0.298. The smallest absolute Gasteiger partial charge is 0.323 e. The maximum Gasteiger partial charge on any atom is 0.323 e. The molecule has 162 valence electrons. The molecule has 2 aliphatic rings. The van der Waals surface area contributed by atoms with Gasteiger partial charge in [-0.3, -0.25) is 9.59 Å². The number of hydrogen-bond donors (Lipinski definition) is 1. The lowest BCUT2D eigenvalue weighted by Crippen LogP contribution is -2.53.